The Hall–Kier alpha value is -1.70. The number of likely N-dealkylation sites (tertiary alicyclic amines) is 1. The molecular weight excluding hydrogens is 234 g/mol. The monoisotopic (exact) mass is 253 g/mol. The minimum atomic E-state index is -1.05. The van der Waals surface area contributed by atoms with E-state index in [2.05, 4.69) is 5.92 Å². The van der Waals surface area contributed by atoms with Gasteiger partial charge in [-0.1, -0.05) is 12.8 Å². The molecule has 0 aromatic rings. The van der Waals surface area contributed by atoms with Crippen LogP contribution in [0.1, 0.15) is 34.1 Å². The zero-order valence-electron chi connectivity index (χ0n) is 11.1. The first-order valence-electron chi connectivity index (χ1n) is 5.87. The first-order valence-corrected chi connectivity index (χ1v) is 5.87. The Balaban J connectivity index is 2.97. The maximum absolute atomic E-state index is 12.0. The number of nitrogens with zero attached hydrogens (tertiary/aromatic N) is 1. The van der Waals surface area contributed by atoms with Gasteiger partial charge in [0.15, 0.2) is 0 Å². The third-order valence-corrected chi connectivity index (χ3v) is 2.83. The van der Waals surface area contributed by atoms with Gasteiger partial charge in [-0.05, 0) is 33.1 Å². The Bertz CT molecular complexity index is 391. The molecule has 3 atom stereocenters. The van der Waals surface area contributed by atoms with Gasteiger partial charge in [-0.3, -0.25) is 4.90 Å². The molecule has 1 rings (SSSR count). The number of ether oxygens (including phenoxy) is 1. The Morgan fingerprint density at radius 2 is 2.00 bits per heavy atom. The lowest BCUT2D eigenvalue weighted by Gasteiger charge is -2.29. The molecule has 0 spiro atoms. The molecule has 0 radical (unpaired) electrons. The zero-order chi connectivity index (χ0) is 14.1. The van der Waals surface area contributed by atoms with Crippen molar-refractivity contribution >= 4 is 12.1 Å². The van der Waals surface area contributed by atoms with E-state index < -0.39 is 29.7 Å². The molecule has 0 unspecified atom stereocenters. The second-order valence-corrected chi connectivity index (χ2v) is 5.57. The minimum absolute atomic E-state index is 0.0522. The maximum atomic E-state index is 12.0. The van der Waals surface area contributed by atoms with E-state index in [1.165, 1.54) is 0 Å². The SMILES string of the molecule is C#C[C@@H]1[C@@H](C)C[C@@H](C(=O)O)N1C(=O)OC(C)(C)C. The van der Waals surface area contributed by atoms with Crippen molar-refractivity contribution in [3.63, 3.8) is 0 Å². The van der Waals surface area contributed by atoms with Crippen LogP contribution in [0.25, 0.3) is 0 Å². The summed E-state index contributed by atoms with van der Waals surface area (Å²) in [5.74, 6) is 1.37. The van der Waals surface area contributed by atoms with Gasteiger partial charge in [0.25, 0.3) is 0 Å². The molecule has 100 valence electrons. The fraction of sp³-hybridized carbons (Fsp3) is 0.692. The van der Waals surface area contributed by atoms with Crippen LogP contribution in [0, 0.1) is 18.3 Å². The minimum Gasteiger partial charge on any atom is -0.480 e. The first-order chi connectivity index (χ1) is 8.17. The summed E-state index contributed by atoms with van der Waals surface area (Å²) in [6, 6.07) is -1.43. The molecule has 1 aliphatic heterocycles. The zero-order valence-corrected chi connectivity index (χ0v) is 11.1. The first kappa shape index (κ1) is 14.4. The second kappa shape index (κ2) is 4.89. The van der Waals surface area contributed by atoms with E-state index in [-0.39, 0.29) is 5.92 Å². The third-order valence-electron chi connectivity index (χ3n) is 2.83. The summed E-state index contributed by atoms with van der Waals surface area (Å²) in [6.45, 7) is 7.02. The molecule has 1 heterocycles. The molecule has 0 aromatic carbocycles. The lowest BCUT2D eigenvalue weighted by Crippen LogP contribution is -2.47. The molecule has 0 bridgehead atoms. The smallest absolute Gasteiger partial charge is 0.412 e. The van der Waals surface area contributed by atoms with Crippen molar-refractivity contribution in [3.8, 4) is 12.3 Å². The van der Waals surface area contributed by atoms with Crippen LogP contribution in [0.15, 0.2) is 0 Å². The standard InChI is InChI=1S/C13H19NO4/c1-6-9-8(2)7-10(11(15)16)14(9)12(17)18-13(3,4)5/h1,8-10H,7H2,2-5H3,(H,15,16)/t8-,9+,10-/m0/s1. The highest BCUT2D eigenvalue weighted by atomic mass is 16.6. The molecule has 18 heavy (non-hydrogen) atoms. The van der Waals surface area contributed by atoms with Crippen LogP contribution < -0.4 is 0 Å². The van der Waals surface area contributed by atoms with E-state index in [1.807, 2.05) is 6.92 Å². The van der Waals surface area contributed by atoms with E-state index in [4.69, 9.17) is 16.3 Å². The van der Waals surface area contributed by atoms with Crippen molar-refractivity contribution in [2.45, 2.75) is 51.8 Å². The Morgan fingerprint density at radius 1 is 1.44 bits per heavy atom. The number of carbonyl (C=O) groups is 2. The molecule has 0 aromatic heterocycles. The van der Waals surface area contributed by atoms with Gasteiger partial charge in [0, 0.05) is 0 Å². The van der Waals surface area contributed by atoms with E-state index in [0.29, 0.717) is 6.42 Å². The Kier molecular flexibility index (Phi) is 3.90. The van der Waals surface area contributed by atoms with Gasteiger partial charge in [-0.15, -0.1) is 6.42 Å². The van der Waals surface area contributed by atoms with Gasteiger partial charge >= 0.3 is 12.1 Å². The van der Waals surface area contributed by atoms with Gasteiger partial charge in [0.1, 0.15) is 11.6 Å². The number of aliphatic carboxylic acids is 1. The van der Waals surface area contributed by atoms with E-state index >= 15 is 0 Å². The number of terminal acetylenes is 1. The molecule has 1 N–H and O–H groups in total. The summed E-state index contributed by atoms with van der Waals surface area (Å²) >= 11 is 0. The average Bonchev–Trinajstić information content (AvgIpc) is 2.52. The molecule has 1 amide bonds. The third kappa shape index (κ3) is 2.95. The van der Waals surface area contributed by atoms with Crippen LogP contribution in [0.4, 0.5) is 4.79 Å². The van der Waals surface area contributed by atoms with E-state index in [1.54, 1.807) is 20.8 Å². The fourth-order valence-electron chi connectivity index (χ4n) is 2.08. The Morgan fingerprint density at radius 3 is 2.39 bits per heavy atom. The largest absolute Gasteiger partial charge is 0.480 e. The molecule has 0 aliphatic carbocycles. The van der Waals surface area contributed by atoms with Crippen molar-refractivity contribution in [2.75, 3.05) is 0 Å². The highest BCUT2D eigenvalue weighted by Gasteiger charge is 2.46. The number of rotatable bonds is 1. The molecular formula is C13H19NO4. The number of carboxylic acids is 1. The topological polar surface area (TPSA) is 66.8 Å². The molecule has 5 heteroatoms. The van der Waals surface area contributed by atoms with Gasteiger partial charge in [-0.2, -0.15) is 0 Å². The number of carbonyl (C=O) groups excluding carboxylic acids is 1. The number of hydrogen-bond donors (Lipinski definition) is 1. The lowest BCUT2D eigenvalue weighted by atomic mass is 10.0. The van der Waals surface area contributed by atoms with Gasteiger partial charge in [0.2, 0.25) is 0 Å². The summed E-state index contributed by atoms with van der Waals surface area (Å²) in [5, 5.41) is 9.14. The number of hydrogen-bond acceptors (Lipinski definition) is 3. The van der Waals surface area contributed by atoms with Crippen LogP contribution in [0.2, 0.25) is 0 Å². The number of carboxylic acid groups (broad SMARTS) is 1. The summed E-state index contributed by atoms with van der Waals surface area (Å²) < 4.78 is 5.21. The fourth-order valence-corrected chi connectivity index (χ4v) is 2.08. The van der Waals surface area contributed by atoms with Crippen molar-refractivity contribution in [1.29, 1.82) is 0 Å². The second-order valence-electron chi connectivity index (χ2n) is 5.57. The summed E-state index contributed by atoms with van der Waals surface area (Å²) in [6.07, 6.45) is 5.07. The van der Waals surface area contributed by atoms with E-state index in [9.17, 15) is 9.59 Å². The lowest BCUT2D eigenvalue weighted by molar-refractivity contribution is -0.142. The van der Waals surface area contributed by atoms with Crippen LogP contribution >= 0.6 is 0 Å². The van der Waals surface area contributed by atoms with Gasteiger partial charge in [0.05, 0.1) is 6.04 Å². The quantitative estimate of drug-likeness (QED) is 0.722. The summed E-state index contributed by atoms with van der Waals surface area (Å²) in [7, 11) is 0. The summed E-state index contributed by atoms with van der Waals surface area (Å²) in [4.78, 5) is 24.4. The van der Waals surface area contributed by atoms with Crippen LogP contribution in [0.3, 0.4) is 0 Å². The predicted octanol–water partition coefficient (Wildman–Crippen LogP) is 1.72. The Labute approximate surface area is 107 Å². The van der Waals surface area contributed by atoms with Crippen LogP contribution in [0.5, 0.6) is 0 Å². The normalized spacial score (nSPS) is 27.7. The summed E-state index contributed by atoms with van der Waals surface area (Å²) in [5.41, 5.74) is -0.675. The maximum Gasteiger partial charge on any atom is 0.412 e. The van der Waals surface area contributed by atoms with Crippen molar-refractivity contribution in [3.05, 3.63) is 0 Å². The van der Waals surface area contributed by atoms with E-state index in [0.717, 1.165) is 4.90 Å². The molecule has 1 fully saturated rings. The predicted molar refractivity (Wildman–Crippen MR) is 65.9 cm³/mol. The van der Waals surface area contributed by atoms with Gasteiger partial charge < -0.3 is 9.84 Å². The average molecular weight is 253 g/mol. The number of amides is 1. The highest BCUT2D eigenvalue weighted by Crippen LogP contribution is 2.31. The van der Waals surface area contributed by atoms with Crippen LogP contribution in [-0.4, -0.2) is 39.8 Å². The van der Waals surface area contributed by atoms with Gasteiger partial charge in [-0.25, -0.2) is 9.59 Å². The molecule has 1 saturated heterocycles. The van der Waals surface area contributed by atoms with Crippen molar-refractivity contribution < 1.29 is 19.4 Å². The molecule has 5 nitrogen and oxygen atoms in total. The van der Waals surface area contributed by atoms with Crippen molar-refractivity contribution in [1.82, 2.24) is 4.90 Å². The molecule has 1 aliphatic rings. The highest BCUT2D eigenvalue weighted by molar-refractivity contribution is 5.81. The van der Waals surface area contributed by atoms with Crippen molar-refractivity contribution in [2.24, 2.45) is 5.92 Å². The van der Waals surface area contributed by atoms with Crippen LogP contribution in [-0.2, 0) is 9.53 Å². The molecule has 0 saturated carbocycles.